The van der Waals surface area contributed by atoms with E-state index in [0.29, 0.717) is 6.54 Å². The van der Waals surface area contributed by atoms with Crippen molar-refractivity contribution in [3.05, 3.63) is 29.8 Å². The number of carbonyl (C=O) groups excluding carboxylic acids is 1. The van der Waals surface area contributed by atoms with Gasteiger partial charge >= 0.3 is 0 Å². The van der Waals surface area contributed by atoms with Gasteiger partial charge in [0.15, 0.2) is 0 Å². The van der Waals surface area contributed by atoms with Gasteiger partial charge in [-0.15, -0.1) is 0 Å². The van der Waals surface area contributed by atoms with Crippen molar-refractivity contribution in [3.63, 3.8) is 0 Å². The zero-order valence-corrected chi connectivity index (χ0v) is 15.8. The molecule has 0 saturated carbocycles. The zero-order valence-electron chi connectivity index (χ0n) is 15.8. The average Bonchev–Trinajstić information content (AvgIpc) is 2.54. The van der Waals surface area contributed by atoms with Crippen molar-refractivity contribution in [2.75, 3.05) is 32.1 Å². The van der Waals surface area contributed by atoms with Crippen LogP contribution in [0.15, 0.2) is 24.3 Å². The molecular weight excluding hydrogens is 300 g/mol. The van der Waals surface area contributed by atoms with Gasteiger partial charge in [0.25, 0.3) is 0 Å². The first-order valence-electron chi connectivity index (χ1n) is 8.42. The van der Waals surface area contributed by atoms with Gasteiger partial charge in [0.2, 0.25) is 5.91 Å². The number of amides is 1. The molecule has 1 aromatic rings. The molecule has 1 N–H and O–H groups in total. The number of hydrogen-bond acceptors (Lipinski definition) is 4. The maximum absolute atomic E-state index is 12.3. The Kier molecular flexibility index (Phi) is 7.24. The molecular formula is C19H30N4O. The van der Waals surface area contributed by atoms with E-state index in [1.807, 2.05) is 34.9 Å². The highest BCUT2D eigenvalue weighted by Crippen LogP contribution is 2.16. The average molecular weight is 330 g/mol. The van der Waals surface area contributed by atoms with Crippen molar-refractivity contribution < 1.29 is 4.79 Å². The molecule has 0 fully saturated rings. The van der Waals surface area contributed by atoms with Crippen LogP contribution in [0.5, 0.6) is 0 Å². The summed E-state index contributed by atoms with van der Waals surface area (Å²) in [6.45, 7) is 9.45. The third-order valence-electron chi connectivity index (χ3n) is 4.46. The summed E-state index contributed by atoms with van der Waals surface area (Å²) < 4.78 is 0. The molecule has 1 rings (SSSR count). The van der Waals surface area contributed by atoms with Crippen LogP contribution in [0.25, 0.3) is 0 Å². The summed E-state index contributed by atoms with van der Waals surface area (Å²) in [5.74, 6) is -0.0559. The SMILES string of the molecule is CCN(CC(=O)N[C@](C)(C#N)C(C)C)Cc1ccc(N(C)C)cc1. The first-order valence-corrected chi connectivity index (χ1v) is 8.42. The Hall–Kier alpha value is -2.06. The third-order valence-corrected chi connectivity index (χ3v) is 4.46. The first kappa shape index (κ1) is 20.0. The number of anilines is 1. The van der Waals surface area contributed by atoms with Gasteiger partial charge in [0.05, 0.1) is 12.6 Å². The maximum Gasteiger partial charge on any atom is 0.235 e. The molecule has 0 radical (unpaired) electrons. The minimum Gasteiger partial charge on any atom is -0.378 e. The second kappa shape index (κ2) is 8.70. The molecule has 0 heterocycles. The van der Waals surface area contributed by atoms with Crippen LogP contribution >= 0.6 is 0 Å². The van der Waals surface area contributed by atoms with E-state index in [4.69, 9.17) is 0 Å². The zero-order chi connectivity index (χ0) is 18.3. The van der Waals surface area contributed by atoms with Crippen LogP contribution in [-0.2, 0) is 11.3 Å². The molecule has 0 spiro atoms. The number of nitrogens with one attached hydrogen (secondary N) is 1. The predicted octanol–water partition coefficient (Wildman–Crippen LogP) is 2.63. The summed E-state index contributed by atoms with van der Waals surface area (Å²) >= 11 is 0. The number of likely N-dealkylation sites (N-methyl/N-ethyl adjacent to an activating group) is 1. The molecule has 0 aliphatic rings. The lowest BCUT2D eigenvalue weighted by Crippen LogP contribution is -2.51. The van der Waals surface area contributed by atoms with Crippen LogP contribution in [0.3, 0.4) is 0 Å². The minimum atomic E-state index is -0.830. The number of carbonyl (C=O) groups is 1. The molecule has 5 heteroatoms. The number of nitrogens with zero attached hydrogens (tertiary/aromatic N) is 3. The van der Waals surface area contributed by atoms with E-state index >= 15 is 0 Å². The van der Waals surface area contributed by atoms with E-state index in [-0.39, 0.29) is 18.4 Å². The van der Waals surface area contributed by atoms with Gasteiger partial charge in [-0.25, -0.2) is 0 Å². The number of rotatable bonds is 8. The van der Waals surface area contributed by atoms with Gasteiger partial charge in [-0.1, -0.05) is 32.9 Å². The summed E-state index contributed by atoms with van der Waals surface area (Å²) in [5, 5.41) is 12.2. The fourth-order valence-electron chi connectivity index (χ4n) is 2.27. The lowest BCUT2D eigenvalue weighted by atomic mass is 9.90. The van der Waals surface area contributed by atoms with Crippen molar-refractivity contribution in [1.29, 1.82) is 5.26 Å². The van der Waals surface area contributed by atoms with E-state index < -0.39 is 5.54 Å². The number of hydrogen-bond donors (Lipinski definition) is 1. The Balaban J connectivity index is 2.67. The number of nitriles is 1. The van der Waals surface area contributed by atoms with E-state index in [2.05, 4.69) is 45.5 Å². The topological polar surface area (TPSA) is 59.4 Å². The van der Waals surface area contributed by atoms with Gasteiger partial charge < -0.3 is 10.2 Å². The Morgan fingerprint density at radius 1 is 1.29 bits per heavy atom. The molecule has 1 atom stereocenters. The van der Waals surface area contributed by atoms with E-state index in [1.165, 1.54) is 5.56 Å². The Bertz CT molecular complexity index is 574. The summed E-state index contributed by atoms with van der Waals surface area (Å²) in [4.78, 5) is 16.4. The van der Waals surface area contributed by atoms with Crippen molar-refractivity contribution in [2.24, 2.45) is 5.92 Å². The minimum absolute atomic E-state index is 0.0557. The smallest absolute Gasteiger partial charge is 0.235 e. The van der Waals surface area contributed by atoms with Crippen molar-refractivity contribution >= 4 is 11.6 Å². The second-order valence-corrected chi connectivity index (χ2v) is 6.88. The summed E-state index contributed by atoms with van der Waals surface area (Å²) in [6, 6.07) is 10.5. The highest BCUT2D eigenvalue weighted by atomic mass is 16.2. The van der Waals surface area contributed by atoms with Gasteiger partial charge in [-0.3, -0.25) is 9.69 Å². The Morgan fingerprint density at radius 2 is 1.88 bits per heavy atom. The van der Waals surface area contributed by atoms with E-state index in [9.17, 15) is 10.1 Å². The van der Waals surface area contributed by atoms with Crippen molar-refractivity contribution in [3.8, 4) is 6.07 Å². The molecule has 0 bridgehead atoms. The fourth-order valence-corrected chi connectivity index (χ4v) is 2.27. The number of benzene rings is 1. The monoisotopic (exact) mass is 330 g/mol. The summed E-state index contributed by atoms with van der Waals surface area (Å²) in [7, 11) is 4.03. The van der Waals surface area contributed by atoms with Crippen LogP contribution in [0, 0.1) is 17.2 Å². The Labute approximate surface area is 146 Å². The third kappa shape index (κ3) is 5.54. The molecule has 132 valence electrons. The molecule has 5 nitrogen and oxygen atoms in total. The normalized spacial score (nSPS) is 13.5. The van der Waals surface area contributed by atoms with Gasteiger partial charge in [-0.2, -0.15) is 5.26 Å². The summed E-state index contributed by atoms with van der Waals surface area (Å²) in [6.07, 6.45) is 0. The molecule has 0 unspecified atom stereocenters. The highest BCUT2D eigenvalue weighted by Gasteiger charge is 2.30. The molecule has 0 aromatic heterocycles. The maximum atomic E-state index is 12.3. The van der Waals surface area contributed by atoms with Crippen LogP contribution in [0.2, 0.25) is 0 Å². The fraction of sp³-hybridized carbons (Fsp3) is 0.579. The lowest BCUT2D eigenvalue weighted by Gasteiger charge is -2.29. The summed E-state index contributed by atoms with van der Waals surface area (Å²) in [5.41, 5.74) is 1.49. The van der Waals surface area contributed by atoms with Gasteiger partial charge in [-0.05, 0) is 37.1 Å². The van der Waals surface area contributed by atoms with Crippen LogP contribution in [-0.4, -0.2) is 43.5 Å². The van der Waals surface area contributed by atoms with E-state index in [0.717, 1.165) is 12.2 Å². The first-order chi connectivity index (χ1) is 11.2. The lowest BCUT2D eigenvalue weighted by molar-refractivity contribution is -0.124. The van der Waals surface area contributed by atoms with Crippen molar-refractivity contribution in [1.82, 2.24) is 10.2 Å². The van der Waals surface area contributed by atoms with Crippen LogP contribution in [0.1, 0.15) is 33.3 Å². The largest absolute Gasteiger partial charge is 0.378 e. The van der Waals surface area contributed by atoms with Crippen molar-refractivity contribution in [2.45, 2.75) is 39.8 Å². The predicted molar refractivity (Wildman–Crippen MR) is 98.7 cm³/mol. The molecule has 24 heavy (non-hydrogen) atoms. The van der Waals surface area contributed by atoms with Gasteiger partial charge in [0, 0.05) is 26.3 Å². The van der Waals surface area contributed by atoms with Gasteiger partial charge in [0.1, 0.15) is 5.54 Å². The van der Waals surface area contributed by atoms with Crippen LogP contribution < -0.4 is 10.2 Å². The quantitative estimate of drug-likeness (QED) is 0.796. The van der Waals surface area contributed by atoms with Crippen LogP contribution in [0.4, 0.5) is 5.69 Å². The Morgan fingerprint density at radius 3 is 2.29 bits per heavy atom. The molecule has 0 aliphatic carbocycles. The standard InChI is InChI=1S/C19H30N4O/c1-7-23(12-16-8-10-17(11-9-16)22(5)6)13-18(24)21-19(4,14-20)15(2)3/h8-11,15H,7,12-13H2,1-6H3,(H,21,24)/t19-/m1/s1. The molecule has 1 amide bonds. The molecule has 1 aromatic carbocycles. The molecule has 0 saturated heterocycles. The highest BCUT2D eigenvalue weighted by molar-refractivity contribution is 5.79. The molecule has 0 aliphatic heterocycles. The second-order valence-electron chi connectivity index (χ2n) is 6.88. The van der Waals surface area contributed by atoms with E-state index in [1.54, 1.807) is 6.92 Å².